The van der Waals surface area contributed by atoms with E-state index in [4.69, 9.17) is 10.5 Å². The third kappa shape index (κ3) is 46.0. The predicted molar refractivity (Wildman–Crippen MR) is 275 cm³/mol. The number of nitrogens with two attached hydrogens (primary N) is 1. The summed E-state index contributed by atoms with van der Waals surface area (Å²) >= 11 is 0. The number of carbonyl (C=O) groups is 3. The molecule has 2 atom stereocenters. The molecule has 0 aromatic carbocycles. The van der Waals surface area contributed by atoms with E-state index in [9.17, 15) is 19.5 Å². The molecule has 0 fully saturated rings. The second-order valence-electron chi connectivity index (χ2n) is 16.8. The van der Waals surface area contributed by atoms with Crippen LogP contribution in [0.4, 0.5) is 0 Å². The number of carbonyl (C=O) groups excluding carboxylic acids is 2. The van der Waals surface area contributed by atoms with Crippen molar-refractivity contribution in [3.05, 3.63) is 109 Å². The number of carboxylic acids is 1. The second-order valence-corrected chi connectivity index (χ2v) is 16.8. The van der Waals surface area contributed by atoms with Crippen LogP contribution in [0, 0.1) is 0 Å². The summed E-state index contributed by atoms with van der Waals surface area (Å²) < 4.78 is 6.06. The van der Waals surface area contributed by atoms with Crippen LogP contribution in [0.1, 0.15) is 213 Å². The summed E-state index contributed by atoms with van der Waals surface area (Å²) in [7, 11) is 0. The Morgan fingerprint density at radius 2 is 0.812 bits per heavy atom. The number of aliphatic carboxylic acids is 1. The van der Waals surface area contributed by atoms with E-state index in [1.165, 1.54) is 32.1 Å². The van der Waals surface area contributed by atoms with Crippen molar-refractivity contribution in [1.29, 1.82) is 0 Å². The summed E-state index contributed by atoms with van der Waals surface area (Å²) in [6, 6.07) is -0.869. The van der Waals surface area contributed by atoms with Crippen LogP contribution in [-0.4, -0.2) is 41.6 Å². The smallest absolute Gasteiger partial charge is 0.326 e. The molecule has 1 amide bonds. The molecule has 64 heavy (non-hydrogen) atoms. The zero-order chi connectivity index (χ0) is 46.7. The number of rotatable bonds is 45. The van der Waals surface area contributed by atoms with E-state index in [0.29, 0.717) is 32.2 Å². The highest BCUT2D eigenvalue weighted by Gasteiger charge is 2.19. The van der Waals surface area contributed by atoms with E-state index in [2.05, 4.69) is 129 Å². The van der Waals surface area contributed by atoms with E-state index in [0.717, 1.165) is 141 Å². The quantitative estimate of drug-likeness (QED) is 0.0318. The summed E-state index contributed by atoms with van der Waals surface area (Å²) in [5.74, 6) is -1.28. The highest BCUT2D eigenvalue weighted by Crippen LogP contribution is 2.18. The molecule has 362 valence electrons. The van der Waals surface area contributed by atoms with Gasteiger partial charge in [0.05, 0.1) is 0 Å². The van der Waals surface area contributed by atoms with Gasteiger partial charge in [0, 0.05) is 12.8 Å². The van der Waals surface area contributed by atoms with Crippen molar-refractivity contribution < 1.29 is 24.2 Å². The number of unbranched alkanes of at least 4 members (excludes halogenated alkanes) is 13. The normalized spacial score (nSPS) is 13.5. The Morgan fingerprint density at radius 3 is 1.25 bits per heavy atom. The van der Waals surface area contributed by atoms with Gasteiger partial charge in [0.25, 0.3) is 0 Å². The van der Waals surface area contributed by atoms with Crippen LogP contribution in [0.5, 0.6) is 0 Å². The first-order valence-electron chi connectivity index (χ1n) is 25.7. The average molecular weight is 887 g/mol. The molecule has 4 N–H and O–H groups in total. The minimum Gasteiger partial charge on any atom is -0.480 e. The highest BCUT2D eigenvalue weighted by atomic mass is 16.5. The number of carboxylic acid groups (broad SMARTS) is 1. The van der Waals surface area contributed by atoms with Gasteiger partial charge in [-0.25, -0.2) is 4.79 Å². The zero-order valence-electron chi connectivity index (χ0n) is 40.8. The van der Waals surface area contributed by atoms with Gasteiger partial charge in [-0.2, -0.15) is 0 Å². The van der Waals surface area contributed by atoms with Crippen LogP contribution >= 0.6 is 0 Å². The number of hydrogen-bond acceptors (Lipinski definition) is 5. The first kappa shape index (κ1) is 60.0. The highest BCUT2D eigenvalue weighted by molar-refractivity contribution is 5.83. The Morgan fingerprint density at radius 1 is 0.453 bits per heavy atom. The van der Waals surface area contributed by atoms with Crippen LogP contribution in [-0.2, 0) is 19.1 Å². The fraction of sp³-hybridized carbons (Fsp3) is 0.632. The fourth-order valence-electron chi connectivity index (χ4n) is 7.06. The van der Waals surface area contributed by atoms with Gasteiger partial charge >= 0.3 is 11.9 Å². The van der Waals surface area contributed by atoms with Crippen molar-refractivity contribution >= 4 is 17.8 Å². The van der Waals surface area contributed by atoms with Gasteiger partial charge in [-0.05, 0) is 141 Å². The molecular weight excluding hydrogens is 793 g/mol. The maximum absolute atomic E-state index is 12.9. The molecule has 0 heterocycles. The number of hydrogen-bond donors (Lipinski definition) is 3. The van der Waals surface area contributed by atoms with Gasteiger partial charge < -0.3 is 20.9 Å². The van der Waals surface area contributed by atoms with E-state index in [1.54, 1.807) is 0 Å². The van der Waals surface area contributed by atoms with Gasteiger partial charge in [0.1, 0.15) is 12.1 Å². The van der Waals surface area contributed by atoms with E-state index in [1.807, 2.05) is 0 Å². The van der Waals surface area contributed by atoms with Crippen molar-refractivity contribution in [2.24, 2.45) is 5.73 Å². The Bertz CT molecular complexity index is 1370. The number of allylic oxidation sites excluding steroid dienone is 18. The third-order valence-corrected chi connectivity index (χ3v) is 10.8. The van der Waals surface area contributed by atoms with Gasteiger partial charge in [-0.1, -0.05) is 175 Å². The van der Waals surface area contributed by atoms with Gasteiger partial charge in [0.2, 0.25) is 5.91 Å². The Hall–Kier alpha value is -3.97. The van der Waals surface area contributed by atoms with Crippen LogP contribution in [0.15, 0.2) is 109 Å². The molecule has 2 unspecified atom stereocenters. The summed E-state index contributed by atoms with van der Waals surface area (Å²) in [6.45, 7) is 4.72. The van der Waals surface area contributed by atoms with Gasteiger partial charge in [0.15, 0.2) is 0 Å². The minimum absolute atomic E-state index is 0.0415. The molecule has 7 nitrogen and oxygen atoms in total. The molecule has 0 saturated carbocycles. The van der Waals surface area contributed by atoms with Crippen LogP contribution < -0.4 is 11.1 Å². The molecule has 0 spiro atoms. The molecule has 0 bridgehead atoms. The standard InChI is InChI=1S/C57H94N2O5/c1-3-5-7-9-11-13-15-17-19-20-21-22-23-24-25-26-28-30-32-34-36-41-45-51-56(61)64-53(47-42-38-35-33-31-29-27-18-16-14-12-10-8-6-4-2)48-43-39-37-40-44-50-55(60)59-54(57(62)63)49-46-52-58/h5-8,11-14,17-19,21-22,24-25,27,31,33,53-54H,3-4,9-10,15-16,20,23,26,28-30,32,34-52,58H2,1-2H3,(H,59,60)(H,62,63)/b7-5-,8-6-,13-11-,14-12-,19-17-,22-21-,25-24-,27-18-,33-31-. The summed E-state index contributed by atoms with van der Waals surface area (Å²) in [4.78, 5) is 36.6. The third-order valence-electron chi connectivity index (χ3n) is 10.8. The lowest BCUT2D eigenvalue weighted by Gasteiger charge is -2.18. The first-order valence-corrected chi connectivity index (χ1v) is 25.7. The Labute approximate surface area is 392 Å². The number of amides is 1. The lowest BCUT2D eigenvalue weighted by molar-refractivity contribution is -0.150. The van der Waals surface area contributed by atoms with Crippen molar-refractivity contribution in [2.45, 2.75) is 225 Å². The topological polar surface area (TPSA) is 119 Å². The summed E-state index contributed by atoms with van der Waals surface area (Å²) in [5, 5.41) is 12.0. The monoisotopic (exact) mass is 887 g/mol. The maximum Gasteiger partial charge on any atom is 0.326 e. The Balaban J connectivity index is 4.39. The van der Waals surface area contributed by atoms with Crippen LogP contribution in [0.2, 0.25) is 0 Å². The van der Waals surface area contributed by atoms with Crippen molar-refractivity contribution in [3.8, 4) is 0 Å². The average Bonchev–Trinajstić information content (AvgIpc) is 3.28. The molecule has 0 aliphatic rings. The molecular formula is C57H94N2O5. The molecule has 0 aliphatic heterocycles. The lowest BCUT2D eigenvalue weighted by Crippen LogP contribution is -2.40. The lowest BCUT2D eigenvalue weighted by atomic mass is 10.0. The minimum atomic E-state index is -1.01. The number of ether oxygens (including phenoxy) is 1. The SMILES string of the molecule is CC/C=C\C/C=C\C/C=C\C/C=C\C/C=C\CCCCCCCCCC(=O)OC(CCCC/C=C\C/C=C\C/C=C\C/C=C\CC)CCCCCCCC(=O)NC(CCCN)C(=O)O. The van der Waals surface area contributed by atoms with Gasteiger partial charge in [-0.15, -0.1) is 0 Å². The predicted octanol–water partition coefficient (Wildman–Crippen LogP) is 15.6. The van der Waals surface area contributed by atoms with E-state index < -0.39 is 12.0 Å². The number of nitrogens with one attached hydrogen (secondary N) is 1. The van der Waals surface area contributed by atoms with E-state index in [-0.39, 0.29) is 18.0 Å². The fourth-order valence-corrected chi connectivity index (χ4v) is 7.06. The molecule has 0 rings (SSSR count). The van der Waals surface area contributed by atoms with E-state index >= 15 is 0 Å². The largest absolute Gasteiger partial charge is 0.480 e. The second kappa shape index (κ2) is 50.0. The Kier molecular flexibility index (Phi) is 46.9. The molecule has 0 aromatic heterocycles. The van der Waals surface area contributed by atoms with Crippen LogP contribution in [0.25, 0.3) is 0 Å². The molecule has 7 heteroatoms. The maximum atomic E-state index is 12.9. The summed E-state index contributed by atoms with van der Waals surface area (Å²) in [5.41, 5.74) is 5.50. The zero-order valence-corrected chi connectivity index (χ0v) is 40.8. The molecule has 0 aromatic rings. The number of esters is 1. The molecule has 0 saturated heterocycles. The van der Waals surface area contributed by atoms with Gasteiger partial charge in [-0.3, -0.25) is 9.59 Å². The van der Waals surface area contributed by atoms with Crippen molar-refractivity contribution in [1.82, 2.24) is 5.32 Å². The first-order chi connectivity index (χ1) is 31.4. The molecule has 0 radical (unpaired) electrons. The summed E-state index contributed by atoms with van der Waals surface area (Å²) in [6.07, 6.45) is 70.0. The van der Waals surface area contributed by atoms with Crippen molar-refractivity contribution in [2.75, 3.05) is 6.54 Å². The van der Waals surface area contributed by atoms with Crippen LogP contribution in [0.3, 0.4) is 0 Å². The molecule has 0 aliphatic carbocycles. The van der Waals surface area contributed by atoms with Crippen molar-refractivity contribution in [3.63, 3.8) is 0 Å².